The predicted octanol–water partition coefficient (Wildman–Crippen LogP) is 4.85. The molecule has 1 atom stereocenters. The smallest absolute Gasteiger partial charge is 0.129 e. The van der Waals surface area contributed by atoms with Crippen molar-refractivity contribution in [3.63, 3.8) is 0 Å². The fraction of sp³-hybridized carbons (Fsp3) is 0.294. The molecule has 0 amide bonds. The van der Waals surface area contributed by atoms with Crippen LogP contribution in [0.3, 0.4) is 0 Å². The fourth-order valence-corrected chi connectivity index (χ4v) is 2.94. The molecule has 2 aromatic carbocycles. The van der Waals surface area contributed by atoms with Crippen LogP contribution in [0, 0.1) is 25.5 Å². The van der Waals surface area contributed by atoms with Crippen LogP contribution in [0.5, 0.6) is 0 Å². The Bertz CT molecular complexity index is 635. The Labute approximate surface area is 132 Å². The number of aryl methyl sites for hydroxylation is 2. The van der Waals surface area contributed by atoms with Crippen LogP contribution in [0.25, 0.3) is 0 Å². The minimum Gasteiger partial charge on any atom is -0.313 e. The van der Waals surface area contributed by atoms with Gasteiger partial charge in [0.25, 0.3) is 0 Å². The molecule has 0 radical (unpaired) electrons. The molecule has 0 aromatic heterocycles. The van der Waals surface area contributed by atoms with Gasteiger partial charge in [-0.15, -0.1) is 0 Å². The molecule has 21 heavy (non-hydrogen) atoms. The lowest BCUT2D eigenvalue weighted by molar-refractivity contribution is 0.514. The summed E-state index contributed by atoms with van der Waals surface area (Å²) >= 11 is 3.50. The van der Waals surface area contributed by atoms with Crippen LogP contribution in [-0.4, -0.2) is 7.05 Å². The van der Waals surface area contributed by atoms with Crippen molar-refractivity contribution in [2.45, 2.75) is 26.3 Å². The third kappa shape index (κ3) is 3.50. The van der Waals surface area contributed by atoms with E-state index in [9.17, 15) is 8.78 Å². The summed E-state index contributed by atoms with van der Waals surface area (Å²) in [5.74, 6) is -0.997. The zero-order valence-corrected chi connectivity index (χ0v) is 13.9. The second-order valence-corrected chi connectivity index (χ2v) is 6.06. The average molecular weight is 354 g/mol. The lowest BCUT2D eigenvalue weighted by Gasteiger charge is -2.21. The van der Waals surface area contributed by atoms with Gasteiger partial charge in [-0.2, -0.15) is 0 Å². The second kappa shape index (κ2) is 6.67. The van der Waals surface area contributed by atoms with Gasteiger partial charge in [0.2, 0.25) is 0 Å². The summed E-state index contributed by atoms with van der Waals surface area (Å²) in [5, 5.41) is 3.16. The van der Waals surface area contributed by atoms with Gasteiger partial charge in [0.15, 0.2) is 0 Å². The van der Waals surface area contributed by atoms with Gasteiger partial charge in [-0.05, 0) is 62.2 Å². The fourth-order valence-electron chi connectivity index (χ4n) is 2.48. The van der Waals surface area contributed by atoms with Crippen LogP contribution in [0.15, 0.2) is 34.8 Å². The van der Waals surface area contributed by atoms with Crippen molar-refractivity contribution in [1.82, 2.24) is 5.32 Å². The van der Waals surface area contributed by atoms with E-state index in [0.717, 1.165) is 21.2 Å². The highest BCUT2D eigenvalue weighted by Gasteiger charge is 2.18. The van der Waals surface area contributed by atoms with E-state index in [-0.39, 0.29) is 18.0 Å². The highest BCUT2D eigenvalue weighted by molar-refractivity contribution is 9.10. The van der Waals surface area contributed by atoms with E-state index in [4.69, 9.17) is 0 Å². The maximum Gasteiger partial charge on any atom is 0.129 e. The third-order valence-corrected chi connectivity index (χ3v) is 4.60. The first-order chi connectivity index (χ1) is 9.93. The van der Waals surface area contributed by atoms with Crippen LogP contribution in [-0.2, 0) is 6.42 Å². The number of rotatable bonds is 4. The van der Waals surface area contributed by atoms with Crippen molar-refractivity contribution in [2.24, 2.45) is 0 Å². The van der Waals surface area contributed by atoms with Crippen molar-refractivity contribution in [1.29, 1.82) is 0 Å². The summed E-state index contributed by atoms with van der Waals surface area (Å²) < 4.78 is 28.7. The monoisotopic (exact) mass is 353 g/mol. The summed E-state index contributed by atoms with van der Waals surface area (Å²) in [6.45, 7) is 4.00. The zero-order chi connectivity index (χ0) is 15.6. The molecule has 0 aliphatic heterocycles. The van der Waals surface area contributed by atoms with Gasteiger partial charge in [-0.3, -0.25) is 0 Å². The molecule has 0 saturated carbocycles. The summed E-state index contributed by atoms with van der Waals surface area (Å²) in [5.41, 5.74) is 3.37. The molecule has 0 aliphatic rings. The molecule has 1 nitrogen and oxygen atoms in total. The molecule has 4 heteroatoms. The molecule has 0 heterocycles. The first-order valence-electron chi connectivity index (χ1n) is 6.80. The van der Waals surface area contributed by atoms with E-state index in [0.29, 0.717) is 0 Å². The van der Waals surface area contributed by atoms with Crippen LogP contribution >= 0.6 is 15.9 Å². The summed E-state index contributed by atoms with van der Waals surface area (Å²) in [7, 11) is 1.81. The summed E-state index contributed by atoms with van der Waals surface area (Å²) in [6.07, 6.45) is 0.275. The maximum atomic E-state index is 13.8. The minimum atomic E-state index is -0.498. The van der Waals surface area contributed by atoms with Gasteiger partial charge < -0.3 is 5.32 Å². The molecular formula is C17H18BrF2N. The quantitative estimate of drug-likeness (QED) is 0.828. The molecule has 1 N–H and O–H groups in total. The molecule has 0 bridgehead atoms. The average Bonchev–Trinajstić information content (AvgIpc) is 2.43. The first kappa shape index (κ1) is 16.1. The van der Waals surface area contributed by atoms with Gasteiger partial charge in [0.1, 0.15) is 11.6 Å². The number of benzene rings is 2. The molecule has 0 spiro atoms. The standard InChI is InChI=1S/C17H18BrF2N/c1-10-8-14(18)11(2)7-12(10)17(21-3)9-13-15(19)5-4-6-16(13)20/h4-8,17,21H,9H2,1-3H3. The largest absolute Gasteiger partial charge is 0.313 e. The zero-order valence-electron chi connectivity index (χ0n) is 12.3. The summed E-state index contributed by atoms with van der Waals surface area (Å²) in [4.78, 5) is 0. The van der Waals surface area contributed by atoms with E-state index >= 15 is 0 Å². The highest BCUT2D eigenvalue weighted by atomic mass is 79.9. The predicted molar refractivity (Wildman–Crippen MR) is 85.5 cm³/mol. The van der Waals surface area contributed by atoms with Gasteiger partial charge >= 0.3 is 0 Å². The van der Waals surface area contributed by atoms with Gasteiger partial charge in [0.05, 0.1) is 0 Å². The van der Waals surface area contributed by atoms with E-state index in [1.807, 2.05) is 19.9 Å². The molecule has 0 saturated heterocycles. The van der Waals surface area contributed by atoms with Crippen molar-refractivity contribution in [2.75, 3.05) is 7.05 Å². The Kier molecular flexibility index (Phi) is 5.12. The van der Waals surface area contributed by atoms with Crippen LogP contribution in [0.1, 0.15) is 28.3 Å². The SMILES string of the molecule is CNC(Cc1c(F)cccc1F)c1cc(C)c(Br)cc1C. The lowest BCUT2D eigenvalue weighted by atomic mass is 9.93. The molecule has 2 rings (SSSR count). The Hall–Kier alpha value is -1.26. The van der Waals surface area contributed by atoms with Gasteiger partial charge in [0, 0.05) is 16.1 Å². The Morgan fingerprint density at radius 2 is 1.71 bits per heavy atom. The highest BCUT2D eigenvalue weighted by Crippen LogP contribution is 2.28. The molecule has 0 fully saturated rings. The summed E-state index contributed by atoms with van der Waals surface area (Å²) in [6, 6.07) is 7.93. The molecular weight excluding hydrogens is 336 g/mol. The van der Waals surface area contributed by atoms with Crippen molar-refractivity contribution in [3.8, 4) is 0 Å². The van der Waals surface area contributed by atoms with E-state index in [1.165, 1.54) is 18.2 Å². The molecule has 112 valence electrons. The first-order valence-corrected chi connectivity index (χ1v) is 7.60. The second-order valence-electron chi connectivity index (χ2n) is 5.20. The molecule has 2 aromatic rings. The van der Waals surface area contributed by atoms with Crippen LogP contribution < -0.4 is 5.32 Å². The number of hydrogen-bond donors (Lipinski definition) is 1. The van der Waals surface area contributed by atoms with Crippen molar-refractivity contribution in [3.05, 3.63) is 68.7 Å². The normalized spacial score (nSPS) is 12.5. The van der Waals surface area contributed by atoms with E-state index in [2.05, 4.69) is 27.3 Å². The van der Waals surface area contributed by atoms with E-state index < -0.39 is 11.6 Å². The third-order valence-electron chi connectivity index (χ3n) is 3.74. The van der Waals surface area contributed by atoms with E-state index in [1.54, 1.807) is 7.05 Å². The van der Waals surface area contributed by atoms with Crippen LogP contribution in [0.2, 0.25) is 0 Å². The Morgan fingerprint density at radius 1 is 1.10 bits per heavy atom. The Morgan fingerprint density at radius 3 is 2.29 bits per heavy atom. The topological polar surface area (TPSA) is 12.0 Å². The van der Waals surface area contributed by atoms with Crippen molar-refractivity contribution >= 4 is 15.9 Å². The molecule has 1 unspecified atom stereocenters. The van der Waals surface area contributed by atoms with Gasteiger partial charge in [-0.25, -0.2) is 8.78 Å². The lowest BCUT2D eigenvalue weighted by Crippen LogP contribution is -2.21. The number of hydrogen-bond acceptors (Lipinski definition) is 1. The van der Waals surface area contributed by atoms with Crippen molar-refractivity contribution < 1.29 is 8.78 Å². The number of nitrogens with one attached hydrogen (secondary N) is 1. The molecule has 0 aliphatic carbocycles. The van der Waals surface area contributed by atoms with Crippen LogP contribution in [0.4, 0.5) is 8.78 Å². The minimum absolute atomic E-state index is 0.122. The number of likely N-dealkylation sites (N-methyl/N-ethyl adjacent to an activating group) is 1. The van der Waals surface area contributed by atoms with Gasteiger partial charge in [-0.1, -0.05) is 28.1 Å². The number of halogens is 3. The Balaban J connectivity index is 2.39. The maximum absolute atomic E-state index is 13.8.